The van der Waals surface area contributed by atoms with Crippen LogP contribution in [-0.2, 0) is 27.5 Å². The molecule has 5 N–H and O–H groups in total. The number of fused-ring (bicyclic) bond motifs is 2. The number of amides is 3. The van der Waals surface area contributed by atoms with Crippen LogP contribution >= 0.6 is 7.82 Å². The van der Waals surface area contributed by atoms with Crippen LogP contribution in [0.15, 0.2) is 36.4 Å². The molecule has 2 aromatic carbocycles. The summed E-state index contributed by atoms with van der Waals surface area (Å²) in [6, 6.07) is 10.8. The Balaban J connectivity index is 1.46. The maximum atomic E-state index is 12.9. The minimum Gasteiger partial charge on any atom is -0.464 e. The third-order valence-corrected chi connectivity index (χ3v) is 6.95. The molecule has 1 atom stereocenters. The summed E-state index contributed by atoms with van der Waals surface area (Å²) in [5.41, 5.74) is 5.03. The van der Waals surface area contributed by atoms with E-state index in [4.69, 9.17) is 9.79 Å². The van der Waals surface area contributed by atoms with Crippen molar-refractivity contribution >= 4 is 31.3 Å². The summed E-state index contributed by atoms with van der Waals surface area (Å²) in [5, 5.41) is 17.9. The molecule has 1 aliphatic heterocycles. The lowest BCUT2D eigenvalue weighted by Gasteiger charge is -2.25. The monoisotopic (exact) mass is 518 g/mol. The molecular formula is C24H31N4O7P. The number of hydrogen-bond acceptors (Lipinski definition) is 5. The summed E-state index contributed by atoms with van der Waals surface area (Å²) in [7, 11) is -4.68. The van der Waals surface area contributed by atoms with Crippen molar-refractivity contribution in [2.75, 3.05) is 23.5 Å². The molecule has 0 bridgehead atoms. The van der Waals surface area contributed by atoms with Crippen molar-refractivity contribution in [1.82, 2.24) is 10.3 Å². The Kier molecular flexibility index (Phi) is 7.14. The Hall–Kier alpha value is -2.95. The number of phosphoric acid groups is 1. The minimum absolute atomic E-state index is 0.0469. The van der Waals surface area contributed by atoms with Gasteiger partial charge in [0.2, 0.25) is 0 Å². The second-order valence-corrected chi connectivity index (χ2v) is 11.2. The van der Waals surface area contributed by atoms with Crippen LogP contribution < -0.4 is 15.6 Å². The van der Waals surface area contributed by atoms with Gasteiger partial charge in [0, 0.05) is 24.3 Å². The van der Waals surface area contributed by atoms with Crippen LogP contribution in [0.1, 0.15) is 55.5 Å². The number of benzene rings is 2. The number of nitrogens with one attached hydrogen (secondary N) is 2. The topological polar surface area (TPSA) is 152 Å². The van der Waals surface area contributed by atoms with E-state index in [0.29, 0.717) is 16.9 Å². The zero-order valence-corrected chi connectivity index (χ0v) is 21.3. The van der Waals surface area contributed by atoms with E-state index in [-0.39, 0.29) is 31.2 Å². The van der Waals surface area contributed by atoms with E-state index in [1.807, 2.05) is 0 Å². The summed E-state index contributed by atoms with van der Waals surface area (Å²) in [6.07, 6.45) is 0.414. The normalized spacial score (nSPS) is 17.6. The van der Waals surface area contributed by atoms with E-state index in [0.717, 1.165) is 23.4 Å². The first-order valence-corrected chi connectivity index (χ1v) is 13.2. The predicted molar refractivity (Wildman–Crippen MR) is 134 cm³/mol. The Morgan fingerprint density at radius 1 is 1.19 bits per heavy atom. The molecule has 0 radical (unpaired) electrons. The van der Waals surface area contributed by atoms with Gasteiger partial charge in [-0.05, 0) is 47.1 Å². The van der Waals surface area contributed by atoms with Gasteiger partial charge in [-0.15, -0.1) is 0 Å². The fourth-order valence-electron chi connectivity index (χ4n) is 4.68. The number of anilines is 2. The van der Waals surface area contributed by atoms with Crippen LogP contribution in [0.25, 0.3) is 0 Å². The first kappa shape index (κ1) is 26.1. The smallest absolute Gasteiger partial charge is 0.464 e. The number of nitrogens with zero attached hydrogens (tertiary/aromatic N) is 2. The molecule has 11 nitrogen and oxygen atoms in total. The van der Waals surface area contributed by atoms with Gasteiger partial charge in [0.05, 0.1) is 18.3 Å². The first-order chi connectivity index (χ1) is 16.8. The lowest BCUT2D eigenvalue weighted by Crippen LogP contribution is -2.43. The van der Waals surface area contributed by atoms with Crippen LogP contribution in [-0.4, -0.2) is 45.2 Å². The van der Waals surface area contributed by atoms with Crippen LogP contribution in [0.3, 0.4) is 0 Å². The molecule has 0 spiro atoms. The molecule has 1 unspecified atom stereocenters. The molecule has 2 aliphatic rings. The van der Waals surface area contributed by atoms with Crippen LogP contribution in [0.4, 0.5) is 21.0 Å². The van der Waals surface area contributed by atoms with Gasteiger partial charge >= 0.3 is 19.9 Å². The minimum atomic E-state index is -4.68. The van der Waals surface area contributed by atoms with Gasteiger partial charge in [0.15, 0.2) is 0 Å². The fraction of sp³-hybridized carbons (Fsp3) is 0.417. The van der Waals surface area contributed by atoms with Gasteiger partial charge in [0.1, 0.15) is 0 Å². The second kappa shape index (κ2) is 9.84. The van der Waals surface area contributed by atoms with Crippen molar-refractivity contribution in [1.29, 1.82) is 0 Å². The zero-order valence-electron chi connectivity index (χ0n) is 20.4. The van der Waals surface area contributed by atoms with E-state index in [1.54, 1.807) is 18.2 Å². The molecular weight excluding hydrogens is 487 g/mol. The highest BCUT2D eigenvalue weighted by molar-refractivity contribution is 7.46. The highest BCUT2D eigenvalue weighted by Crippen LogP contribution is 2.39. The maximum absolute atomic E-state index is 12.9. The molecule has 1 heterocycles. The lowest BCUT2D eigenvalue weighted by atomic mass is 9.85. The number of aryl methyl sites for hydroxylation is 1. The number of hydrogen-bond donors (Lipinski definition) is 5. The quantitative estimate of drug-likeness (QED) is 0.358. The van der Waals surface area contributed by atoms with Crippen molar-refractivity contribution in [3.63, 3.8) is 0 Å². The SMILES string of the molecule is CC(C)(C)c1ccc2c(c1)CCC2NC(=O)Nc1cccc2c1CN(CCOP(=O)(O)O)N2C(=O)O. The third-order valence-electron chi connectivity index (χ3n) is 6.43. The maximum Gasteiger partial charge on any atom is 0.469 e. The van der Waals surface area contributed by atoms with Gasteiger partial charge in [-0.3, -0.25) is 4.52 Å². The van der Waals surface area contributed by atoms with Gasteiger partial charge < -0.3 is 25.5 Å². The Morgan fingerprint density at radius 2 is 1.94 bits per heavy atom. The Bertz CT molecular complexity index is 1220. The number of urea groups is 1. The number of hydrazine groups is 1. The summed E-state index contributed by atoms with van der Waals surface area (Å²) in [5.74, 6) is 0. The largest absolute Gasteiger partial charge is 0.469 e. The molecule has 0 saturated carbocycles. The summed E-state index contributed by atoms with van der Waals surface area (Å²) >= 11 is 0. The van der Waals surface area contributed by atoms with Crippen LogP contribution in [0.5, 0.6) is 0 Å². The van der Waals surface area contributed by atoms with Gasteiger partial charge in [-0.25, -0.2) is 24.2 Å². The predicted octanol–water partition coefficient (Wildman–Crippen LogP) is 4.12. The van der Waals surface area contributed by atoms with E-state index in [2.05, 4.69) is 54.1 Å². The number of carbonyl (C=O) groups is 2. The number of phosphoric ester groups is 1. The molecule has 4 rings (SSSR count). The highest BCUT2D eigenvalue weighted by Gasteiger charge is 2.34. The molecule has 3 amide bonds. The average molecular weight is 519 g/mol. The van der Waals surface area contributed by atoms with Crippen molar-refractivity contribution in [2.24, 2.45) is 0 Å². The van der Waals surface area contributed by atoms with E-state index < -0.39 is 19.9 Å². The van der Waals surface area contributed by atoms with Crippen LogP contribution in [0, 0.1) is 0 Å². The summed E-state index contributed by atoms with van der Waals surface area (Å²) < 4.78 is 15.4. The van der Waals surface area contributed by atoms with Crippen molar-refractivity contribution < 1.29 is 33.6 Å². The number of carboxylic acid groups (broad SMARTS) is 1. The van der Waals surface area contributed by atoms with Gasteiger partial charge in [-0.2, -0.15) is 0 Å². The molecule has 194 valence electrons. The number of carbonyl (C=O) groups excluding carboxylic acids is 1. The lowest BCUT2D eigenvalue weighted by molar-refractivity contribution is 0.144. The average Bonchev–Trinajstić information content (AvgIpc) is 3.33. The standard InChI is InChI=1S/C24H31N4O7P/c1-24(2,3)16-8-9-17-15(13-16)7-10-20(17)26-22(29)25-19-5-4-6-21-18(19)14-27(28(21)23(30)31)11-12-35-36(32,33)34/h4-6,8-9,13,20H,7,10-12,14H2,1-3H3,(H,30,31)(H2,25,26,29)(H2,32,33,34). The molecule has 2 aromatic rings. The molecule has 0 aromatic heterocycles. The van der Waals surface area contributed by atoms with Crippen molar-refractivity contribution in [3.8, 4) is 0 Å². The van der Waals surface area contributed by atoms with E-state index in [9.17, 15) is 19.3 Å². The Morgan fingerprint density at radius 3 is 2.61 bits per heavy atom. The second-order valence-electron chi connectivity index (χ2n) is 9.96. The Labute approximate surface area is 209 Å². The van der Waals surface area contributed by atoms with Crippen molar-refractivity contribution in [2.45, 2.75) is 51.6 Å². The number of rotatable bonds is 6. The van der Waals surface area contributed by atoms with Crippen molar-refractivity contribution in [3.05, 3.63) is 58.7 Å². The van der Waals surface area contributed by atoms with Crippen LogP contribution in [0.2, 0.25) is 0 Å². The third kappa shape index (κ3) is 5.71. The van der Waals surface area contributed by atoms with E-state index in [1.165, 1.54) is 16.1 Å². The first-order valence-electron chi connectivity index (χ1n) is 11.6. The summed E-state index contributed by atoms with van der Waals surface area (Å²) in [6.45, 7) is 6.17. The fourth-order valence-corrected chi connectivity index (χ4v) is 5.00. The molecule has 0 fully saturated rings. The summed E-state index contributed by atoms with van der Waals surface area (Å²) in [4.78, 5) is 42.6. The van der Waals surface area contributed by atoms with Gasteiger partial charge in [0.25, 0.3) is 0 Å². The molecule has 0 saturated heterocycles. The molecule has 12 heteroatoms. The zero-order chi connectivity index (χ0) is 26.3. The highest BCUT2D eigenvalue weighted by atomic mass is 31.2. The molecule has 36 heavy (non-hydrogen) atoms. The van der Waals surface area contributed by atoms with E-state index >= 15 is 0 Å². The molecule has 1 aliphatic carbocycles. The van der Waals surface area contributed by atoms with Gasteiger partial charge in [-0.1, -0.05) is 45.0 Å².